The zero-order chi connectivity index (χ0) is 14.4. The molecular weight excluding hydrogens is 252 g/mol. The summed E-state index contributed by atoms with van der Waals surface area (Å²) >= 11 is 0. The Balaban J connectivity index is 1.77. The Morgan fingerprint density at radius 1 is 1.35 bits per heavy atom. The van der Waals surface area contributed by atoms with Gasteiger partial charge >= 0.3 is 0 Å². The third kappa shape index (κ3) is 4.05. The van der Waals surface area contributed by atoms with Gasteiger partial charge in [0.2, 0.25) is 5.91 Å². The van der Waals surface area contributed by atoms with Crippen LogP contribution in [0.4, 0.5) is 0 Å². The van der Waals surface area contributed by atoms with Gasteiger partial charge in [-0.05, 0) is 25.8 Å². The van der Waals surface area contributed by atoms with E-state index in [9.17, 15) is 4.79 Å². The Morgan fingerprint density at radius 3 is 2.60 bits per heavy atom. The Morgan fingerprint density at radius 2 is 2.05 bits per heavy atom. The summed E-state index contributed by atoms with van der Waals surface area (Å²) in [5.41, 5.74) is 1.10. The van der Waals surface area contributed by atoms with Gasteiger partial charge in [0.25, 0.3) is 0 Å². The van der Waals surface area contributed by atoms with Crippen molar-refractivity contribution in [2.45, 2.75) is 25.9 Å². The molecule has 1 aromatic rings. The third-order valence-electron chi connectivity index (χ3n) is 3.79. The van der Waals surface area contributed by atoms with Gasteiger partial charge in [0, 0.05) is 26.2 Å². The van der Waals surface area contributed by atoms with Crippen LogP contribution < -0.4 is 5.32 Å². The maximum absolute atomic E-state index is 12.2. The van der Waals surface area contributed by atoms with Gasteiger partial charge in [0.1, 0.15) is 6.61 Å². The molecule has 110 valence electrons. The Labute approximate surface area is 121 Å². The summed E-state index contributed by atoms with van der Waals surface area (Å²) in [7, 11) is 0. The van der Waals surface area contributed by atoms with Crippen LogP contribution in [0, 0.1) is 0 Å². The SMILES string of the molecule is CCN(CCc1ccccc1)C(=O)COC1(C)CNC1. The van der Waals surface area contributed by atoms with E-state index >= 15 is 0 Å². The number of benzene rings is 1. The average Bonchev–Trinajstić information content (AvgIpc) is 2.45. The fourth-order valence-corrected chi connectivity index (χ4v) is 2.27. The second kappa shape index (κ2) is 6.86. The van der Waals surface area contributed by atoms with E-state index in [2.05, 4.69) is 17.4 Å². The molecule has 0 saturated carbocycles. The number of likely N-dealkylation sites (N-methyl/N-ethyl adjacent to an activating group) is 1. The van der Waals surface area contributed by atoms with Crippen LogP contribution in [0.5, 0.6) is 0 Å². The second-order valence-corrected chi connectivity index (χ2v) is 5.55. The topological polar surface area (TPSA) is 41.6 Å². The molecule has 1 saturated heterocycles. The highest BCUT2D eigenvalue weighted by Gasteiger charge is 2.33. The van der Waals surface area contributed by atoms with Gasteiger partial charge in [-0.2, -0.15) is 0 Å². The molecule has 1 aromatic carbocycles. The lowest BCUT2D eigenvalue weighted by Gasteiger charge is -2.39. The monoisotopic (exact) mass is 276 g/mol. The Hall–Kier alpha value is -1.39. The summed E-state index contributed by atoms with van der Waals surface area (Å²) < 4.78 is 5.71. The van der Waals surface area contributed by atoms with E-state index in [1.807, 2.05) is 36.9 Å². The van der Waals surface area contributed by atoms with Crippen molar-refractivity contribution in [3.05, 3.63) is 35.9 Å². The van der Waals surface area contributed by atoms with Crippen LogP contribution in [-0.2, 0) is 16.0 Å². The number of amides is 1. The molecule has 0 atom stereocenters. The maximum atomic E-state index is 12.2. The van der Waals surface area contributed by atoms with Crippen LogP contribution in [0.2, 0.25) is 0 Å². The second-order valence-electron chi connectivity index (χ2n) is 5.55. The predicted molar refractivity (Wildman–Crippen MR) is 79.6 cm³/mol. The van der Waals surface area contributed by atoms with E-state index in [1.165, 1.54) is 5.56 Å². The fourth-order valence-electron chi connectivity index (χ4n) is 2.27. The number of nitrogens with one attached hydrogen (secondary N) is 1. The molecular formula is C16H24N2O2. The quantitative estimate of drug-likeness (QED) is 0.819. The van der Waals surface area contributed by atoms with Crippen molar-refractivity contribution < 1.29 is 9.53 Å². The minimum atomic E-state index is -0.158. The summed E-state index contributed by atoms with van der Waals surface area (Å²) in [4.78, 5) is 14.0. The molecule has 0 bridgehead atoms. The molecule has 20 heavy (non-hydrogen) atoms. The summed E-state index contributed by atoms with van der Waals surface area (Å²) in [6, 6.07) is 10.3. The first kappa shape index (κ1) is 15.0. The van der Waals surface area contributed by atoms with Crippen molar-refractivity contribution in [1.29, 1.82) is 0 Å². The van der Waals surface area contributed by atoms with Crippen molar-refractivity contribution in [2.24, 2.45) is 0 Å². The molecule has 2 rings (SSSR count). The summed E-state index contributed by atoms with van der Waals surface area (Å²) in [6.45, 7) is 7.36. The number of carbonyl (C=O) groups excluding carboxylic acids is 1. The molecule has 1 aliphatic rings. The van der Waals surface area contributed by atoms with Gasteiger partial charge in [-0.3, -0.25) is 4.79 Å². The van der Waals surface area contributed by atoms with E-state index in [-0.39, 0.29) is 18.1 Å². The van der Waals surface area contributed by atoms with Crippen LogP contribution in [0.1, 0.15) is 19.4 Å². The molecule has 1 N–H and O–H groups in total. The molecule has 0 radical (unpaired) electrons. The highest BCUT2D eigenvalue weighted by Crippen LogP contribution is 2.15. The lowest BCUT2D eigenvalue weighted by Crippen LogP contribution is -2.59. The molecule has 0 spiro atoms. The summed E-state index contributed by atoms with van der Waals surface area (Å²) in [6.07, 6.45) is 0.888. The van der Waals surface area contributed by atoms with Crippen LogP contribution in [0.25, 0.3) is 0 Å². The Kier molecular flexibility index (Phi) is 5.15. The highest BCUT2D eigenvalue weighted by molar-refractivity contribution is 5.77. The van der Waals surface area contributed by atoms with E-state index in [1.54, 1.807) is 0 Å². The van der Waals surface area contributed by atoms with Crippen molar-refractivity contribution in [3.8, 4) is 0 Å². The minimum absolute atomic E-state index is 0.0801. The predicted octanol–water partition coefficient (Wildman–Crippen LogP) is 1.46. The zero-order valence-electron chi connectivity index (χ0n) is 12.4. The summed E-state index contributed by atoms with van der Waals surface area (Å²) in [5, 5.41) is 3.17. The minimum Gasteiger partial charge on any atom is -0.363 e. The fraction of sp³-hybridized carbons (Fsp3) is 0.562. The zero-order valence-corrected chi connectivity index (χ0v) is 12.4. The van der Waals surface area contributed by atoms with Gasteiger partial charge in [-0.25, -0.2) is 0 Å². The molecule has 4 nitrogen and oxygen atoms in total. The van der Waals surface area contributed by atoms with Crippen LogP contribution in [0.3, 0.4) is 0 Å². The van der Waals surface area contributed by atoms with Crippen molar-refractivity contribution in [2.75, 3.05) is 32.8 Å². The van der Waals surface area contributed by atoms with Gasteiger partial charge in [-0.15, -0.1) is 0 Å². The summed E-state index contributed by atoms with van der Waals surface area (Å²) in [5.74, 6) is 0.0801. The number of nitrogens with zero attached hydrogens (tertiary/aromatic N) is 1. The van der Waals surface area contributed by atoms with Gasteiger partial charge in [-0.1, -0.05) is 30.3 Å². The number of rotatable bonds is 7. The van der Waals surface area contributed by atoms with E-state index in [0.29, 0.717) is 0 Å². The standard InChI is InChI=1S/C16H24N2O2/c1-3-18(10-9-14-7-5-4-6-8-14)15(19)11-20-16(2)12-17-13-16/h4-8,17H,3,9-13H2,1-2H3. The van der Waals surface area contributed by atoms with Gasteiger partial charge < -0.3 is 15.0 Å². The number of hydrogen-bond donors (Lipinski definition) is 1. The highest BCUT2D eigenvalue weighted by atomic mass is 16.5. The van der Waals surface area contributed by atoms with E-state index in [4.69, 9.17) is 4.74 Å². The number of carbonyl (C=O) groups is 1. The van der Waals surface area contributed by atoms with Crippen molar-refractivity contribution >= 4 is 5.91 Å². The number of ether oxygens (including phenoxy) is 1. The molecule has 1 amide bonds. The van der Waals surface area contributed by atoms with Gasteiger partial charge in [0.15, 0.2) is 0 Å². The molecule has 0 aromatic heterocycles. The Bertz CT molecular complexity index is 429. The van der Waals surface area contributed by atoms with Crippen LogP contribution in [0.15, 0.2) is 30.3 Å². The van der Waals surface area contributed by atoms with E-state index in [0.717, 1.165) is 32.6 Å². The smallest absolute Gasteiger partial charge is 0.248 e. The first-order valence-electron chi connectivity index (χ1n) is 7.29. The normalized spacial score (nSPS) is 16.5. The maximum Gasteiger partial charge on any atom is 0.248 e. The van der Waals surface area contributed by atoms with Crippen molar-refractivity contribution in [1.82, 2.24) is 10.2 Å². The molecule has 1 heterocycles. The van der Waals surface area contributed by atoms with Crippen LogP contribution in [-0.4, -0.2) is 49.2 Å². The van der Waals surface area contributed by atoms with E-state index < -0.39 is 0 Å². The first-order valence-corrected chi connectivity index (χ1v) is 7.29. The lowest BCUT2D eigenvalue weighted by molar-refractivity contribution is -0.145. The molecule has 1 fully saturated rings. The van der Waals surface area contributed by atoms with Gasteiger partial charge in [0.05, 0.1) is 5.60 Å². The molecule has 4 heteroatoms. The molecule has 0 aliphatic carbocycles. The molecule has 1 aliphatic heterocycles. The van der Waals surface area contributed by atoms with Crippen LogP contribution >= 0.6 is 0 Å². The first-order chi connectivity index (χ1) is 9.63. The lowest BCUT2D eigenvalue weighted by atomic mass is 10.0. The average molecular weight is 276 g/mol. The molecule has 0 unspecified atom stereocenters. The van der Waals surface area contributed by atoms with Crippen molar-refractivity contribution in [3.63, 3.8) is 0 Å². The third-order valence-corrected chi connectivity index (χ3v) is 3.79. The largest absolute Gasteiger partial charge is 0.363 e. The number of hydrogen-bond acceptors (Lipinski definition) is 3.